The molecular formula is C8H10ClF3N2. The molecule has 0 aliphatic carbocycles. The quantitative estimate of drug-likeness (QED) is 0.717. The highest BCUT2D eigenvalue weighted by Crippen LogP contribution is 2.34. The van der Waals surface area contributed by atoms with Gasteiger partial charge in [-0.1, -0.05) is 11.6 Å². The molecule has 1 aromatic heterocycles. The van der Waals surface area contributed by atoms with E-state index in [0.29, 0.717) is 0 Å². The van der Waals surface area contributed by atoms with E-state index in [-0.39, 0.29) is 16.8 Å². The lowest BCUT2D eigenvalue weighted by Gasteiger charge is -2.06. The van der Waals surface area contributed by atoms with Crippen LogP contribution in [0.1, 0.15) is 31.1 Å². The average molecular weight is 227 g/mol. The summed E-state index contributed by atoms with van der Waals surface area (Å²) in [5.74, 6) is 0. The van der Waals surface area contributed by atoms with E-state index in [1.165, 1.54) is 11.6 Å². The zero-order valence-electron chi connectivity index (χ0n) is 7.98. The van der Waals surface area contributed by atoms with Gasteiger partial charge >= 0.3 is 6.18 Å². The Morgan fingerprint density at radius 3 is 2.07 bits per heavy atom. The normalized spacial score (nSPS) is 12.6. The minimum atomic E-state index is -4.44. The minimum absolute atomic E-state index is 0.0205. The highest BCUT2D eigenvalue weighted by Gasteiger charge is 2.37. The zero-order valence-corrected chi connectivity index (χ0v) is 8.74. The van der Waals surface area contributed by atoms with E-state index in [4.69, 9.17) is 11.6 Å². The first-order valence-corrected chi connectivity index (χ1v) is 4.44. The monoisotopic (exact) mass is 226 g/mol. The number of hydrogen-bond donors (Lipinski definition) is 0. The molecular weight excluding hydrogens is 217 g/mol. The van der Waals surface area contributed by atoms with Gasteiger partial charge in [0.15, 0.2) is 5.69 Å². The second kappa shape index (κ2) is 3.46. The summed E-state index contributed by atoms with van der Waals surface area (Å²) in [6.07, 6.45) is -4.44. The summed E-state index contributed by atoms with van der Waals surface area (Å²) in [6.45, 7) is 4.76. The fourth-order valence-electron chi connectivity index (χ4n) is 1.11. The first-order valence-electron chi connectivity index (χ1n) is 4.07. The van der Waals surface area contributed by atoms with Crippen LogP contribution in [-0.4, -0.2) is 9.78 Å². The van der Waals surface area contributed by atoms with Crippen LogP contribution >= 0.6 is 11.6 Å². The van der Waals surface area contributed by atoms with Gasteiger partial charge in [0, 0.05) is 11.6 Å². The van der Waals surface area contributed by atoms with Gasteiger partial charge in [-0.3, -0.25) is 4.68 Å². The molecule has 2 nitrogen and oxygen atoms in total. The Balaban J connectivity index is 3.29. The molecule has 0 radical (unpaired) electrons. The highest BCUT2D eigenvalue weighted by molar-refractivity contribution is 6.30. The Labute approximate surface area is 84.7 Å². The average Bonchev–Trinajstić information content (AvgIpc) is 2.28. The van der Waals surface area contributed by atoms with Gasteiger partial charge in [-0.2, -0.15) is 18.3 Å². The number of rotatable bonds is 1. The van der Waals surface area contributed by atoms with Crippen molar-refractivity contribution in [2.24, 2.45) is 0 Å². The Kier molecular flexibility index (Phi) is 2.81. The van der Waals surface area contributed by atoms with Gasteiger partial charge in [-0.25, -0.2) is 0 Å². The standard InChI is InChI=1S/C8H10ClF3N2/c1-4(2)14-7(9)5(3)6(13-14)8(10,11)12/h4H,1-3H3. The van der Waals surface area contributed by atoms with Crippen LogP contribution in [0.4, 0.5) is 13.2 Å². The second-order valence-electron chi connectivity index (χ2n) is 3.30. The van der Waals surface area contributed by atoms with Crippen molar-refractivity contribution in [3.05, 3.63) is 16.4 Å². The van der Waals surface area contributed by atoms with Crippen molar-refractivity contribution < 1.29 is 13.2 Å². The third-order valence-corrected chi connectivity index (χ3v) is 2.29. The van der Waals surface area contributed by atoms with Gasteiger partial charge in [-0.15, -0.1) is 0 Å². The molecule has 6 heteroatoms. The topological polar surface area (TPSA) is 17.8 Å². The third kappa shape index (κ3) is 1.87. The molecule has 1 heterocycles. The SMILES string of the molecule is Cc1c(C(F)(F)F)nn(C(C)C)c1Cl. The summed E-state index contributed by atoms with van der Waals surface area (Å²) in [6, 6.07) is -0.183. The van der Waals surface area contributed by atoms with Gasteiger partial charge in [0.25, 0.3) is 0 Å². The molecule has 1 aromatic rings. The molecule has 0 atom stereocenters. The van der Waals surface area contributed by atoms with Crippen molar-refractivity contribution in [3.8, 4) is 0 Å². The summed E-state index contributed by atoms with van der Waals surface area (Å²) < 4.78 is 38.3. The maximum Gasteiger partial charge on any atom is 0.435 e. The van der Waals surface area contributed by atoms with Crippen LogP contribution in [0.25, 0.3) is 0 Å². The lowest BCUT2D eigenvalue weighted by atomic mass is 10.3. The number of aromatic nitrogens is 2. The first-order chi connectivity index (χ1) is 6.25. The van der Waals surface area contributed by atoms with Gasteiger partial charge in [0.05, 0.1) is 0 Å². The molecule has 0 bridgehead atoms. The van der Waals surface area contributed by atoms with E-state index in [0.717, 1.165) is 0 Å². The van der Waals surface area contributed by atoms with Gasteiger partial charge in [0.2, 0.25) is 0 Å². The number of halogens is 4. The predicted octanol–water partition coefficient (Wildman–Crippen LogP) is 3.44. The molecule has 14 heavy (non-hydrogen) atoms. The molecule has 0 N–H and O–H groups in total. The summed E-state index contributed by atoms with van der Waals surface area (Å²) in [5.41, 5.74) is -0.927. The largest absolute Gasteiger partial charge is 0.435 e. The van der Waals surface area contributed by atoms with E-state index < -0.39 is 11.9 Å². The summed E-state index contributed by atoms with van der Waals surface area (Å²) >= 11 is 5.72. The molecule has 0 spiro atoms. The lowest BCUT2D eigenvalue weighted by molar-refractivity contribution is -0.142. The molecule has 0 fully saturated rings. The van der Waals surface area contributed by atoms with E-state index in [1.54, 1.807) is 13.8 Å². The number of nitrogens with zero attached hydrogens (tertiary/aromatic N) is 2. The van der Waals surface area contributed by atoms with Crippen LogP contribution in [-0.2, 0) is 6.18 Å². The Morgan fingerprint density at radius 1 is 1.36 bits per heavy atom. The smallest absolute Gasteiger partial charge is 0.251 e. The summed E-state index contributed by atoms with van der Waals surface area (Å²) in [5, 5.41) is 3.49. The molecule has 0 aromatic carbocycles. The third-order valence-electron chi connectivity index (χ3n) is 1.83. The van der Waals surface area contributed by atoms with Crippen LogP contribution < -0.4 is 0 Å². The predicted molar refractivity (Wildman–Crippen MR) is 47.4 cm³/mol. The Morgan fingerprint density at radius 2 is 1.86 bits per heavy atom. The molecule has 0 saturated carbocycles. The van der Waals surface area contributed by atoms with Crippen molar-refractivity contribution in [2.75, 3.05) is 0 Å². The first kappa shape index (κ1) is 11.4. The van der Waals surface area contributed by atoms with Crippen LogP contribution in [0.15, 0.2) is 0 Å². The number of alkyl halides is 3. The molecule has 0 aliphatic heterocycles. The number of hydrogen-bond acceptors (Lipinski definition) is 1. The summed E-state index contributed by atoms with van der Waals surface area (Å²) in [4.78, 5) is 0. The fourth-order valence-corrected chi connectivity index (χ4v) is 1.43. The highest BCUT2D eigenvalue weighted by atomic mass is 35.5. The fraction of sp³-hybridized carbons (Fsp3) is 0.625. The Hall–Kier alpha value is -0.710. The van der Waals surface area contributed by atoms with Crippen molar-refractivity contribution in [1.29, 1.82) is 0 Å². The minimum Gasteiger partial charge on any atom is -0.251 e. The molecule has 0 unspecified atom stereocenters. The zero-order chi connectivity index (χ0) is 11.1. The summed E-state index contributed by atoms with van der Waals surface area (Å²) in [7, 11) is 0. The van der Waals surface area contributed by atoms with E-state index in [2.05, 4.69) is 5.10 Å². The molecule has 80 valence electrons. The van der Waals surface area contributed by atoms with Crippen LogP contribution in [0.2, 0.25) is 5.15 Å². The van der Waals surface area contributed by atoms with E-state index >= 15 is 0 Å². The maximum absolute atomic E-state index is 12.4. The van der Waals surface area contributed by atoms with Crippen molar-refractivity contribution in [3.63, 3.8) is 0 Å². The van der Waals surface area contributed by atoms with Crippen molar-refractivity contribution in [2.45, 2.75) is 33.0 Å². The Bertz CT molecular complexity index is 341. The van der Waals surface area contributed by atoms with E-state index in [9.17, 15) is 13.2 Å². The molecule has 1 rings (SSSR count). The van der Waals surface area contributed by atoms with E-state index in [1.807, 2.05) is 0 Å². The molecule has 0 aliphatic rings. The van der Waals surface area contributed by atoms with Crippen LogP contribution in [0.3, 0.4) is 0 Å². The lowest BCUT2D eigenvalue weighted by Crippen LogP contribution is -2.09. The molecule has 0 amide bonds. The molecule has 0 saturated heterocycles. The van der Waals surface area contributed by atoms with Gasteiger partial charge in [-0.05, 0) is 20.8 Å². The van der Waals surface area contributed by atoms with Gasteiger partial charge < -0.3 is 0 Å². The van der Waals surface area contributed by atoms with Crippen molar-refractivity contribution in [1.82, 2.24) is 9.78 Å². The van der Waals surface area contributed by atoms with Crippen molar-refractivity contribution >= 4 is 11.6 Å². The van der Waals surface area contributed by atoms with Crippen LogP contribution in [0, 0.1) is 6.92 Å². The van der Waals surface area contributed by atoms with Gasteiger partial charge in [0.1, 0.15) is 5.15 Å². The maximum atomic E-state index is 12.4. The van der Waals surface area contributed by atoms with Crippen LogP contribution in [0.5, 0.6) is 0 Å². The second-order valence-corrected chi connectivity index (χ2v) is 3.66.